The van der Waals surface area contributed by atoms with Crippen LogP contribution in [0, 0.1) is 172 Å². The number of carbonyl (C=O) groups excluding carboxylic acids is 1. The third-order valence-electron chi connectivity index (χ3n) is 4.62. The van der Waals surface area contributed by atoms with Gasteiger partial charge in [0.15, 0.2) is 0 Å². The second-order valence-corrected chi connectivity index (χ2v) is 7.34. The minimum Gasteiger partial charge on any atom is -0.300 e. The molecule has 188 valence electrons. The lowest BCUT2D eigenvalue weighted by Gasteiger charge is -2.22. The number of hydrogen-bond donors (Lipinski definition) is 0. The Bertz CT molecular complexity index is 2080. The van der Waals surface area contributed by atoms with Crippen molar-refractivity contribution in [1.29, 1.82) is 0 Å². The van der Waals surface area contributed by atoms with E-state index in [0.29, 0.717) is 5.78 Å². The van der Waals surface area contributed by atoms with E-state index in [1.165, 1.54) is 11.1 Å². The predicted octanol–water partition coefficient (Wildman–Crippen LogP) is 3.06. The third kappa shape index (κ3) is 18.0. The van der Waals surface area contributed by atoms with E-state index in [0.717, 1.165) is 19.3 Å². The normalized spacial score (nSPS) is 9.12. The standard InChI is InChI=1S/C29H4.C12H14O/c1-3-5-7-9-11-13-15-17-19-21-23-25-27-29-28-26-24-22-20-18-16-14-12-10-8-6-4-2;1-9(13)11-7-6-10-4-2-3-5-12(10)8-11/h1H,2H3;2-5,11H,6-8H2,1H3. The first-order chi connectivity index (χ1) is 20.7. The lowest BCUT2D eigenvalue weighted by Crippen LogP contribution is -2.20. The third-order valence-corrected chi connectivity index (χ3v) is 4.62. The number of terminal acetylenes is 1. The Kier molecular flexibility index (Phi) is 18.8. The number of Topliss-reactive ketones (excluding diaryl/α,β-unsaturated/α-hetero) is 1. The highest BCUT2D eigenvalue weighted by Crippen LogP contribution is 2.25. The smallest absolute Gasteiger partial charge is 0.133 e. The van der Waals surface area contributed by atoms with Crippen molar-refractivity contribution in [2.24, 2.45) is 5.92 Å². The van der Waals surface area contributed by atoms with Crippen LogP contribution >= 0.6 is 0 Å². The van der Waals surface area contributed by atoms with Crippen molar-refractivity contribution in [2.45, 2.75) is 33.1 Å². The molecule has 2 rings (SSSR count). The van der Waals surface area contributed by atoms with Gasteiger partial charge in [0.1, 0.15) is 5.78 Å². The number of hydrogen-bond acceptors (Lipinski definition) is 1. The van der Waals surface area contributed by atoms with E-state index in [9.17, 15) is 4.79 Å². The van der Waals surface area contributed by atoms with Crippen molar-refractivity contribution >= 4 is 5.78 Å². The highest BCUT2D eigenvalue weighted by Gasteiger charge is 2.20. The zero-order valence-corrected chi connectivity index (χ0v) is 23.0. The summed E-state index contributed by atoms with van der Waals surface area (Å²) >= 11 is 0. The van der Waals surface area contributed by atoms with E-state index in [2.05, 4.69) is 184 Å². The minimum atomic E-state index is 0.273. The molecule has 42 heavy (non-hydrogen) atoms. The molecule has 1 aliphatic carbocycles. The fourth-order valence-electron chi connectivity index (χ4n) is 2.86. The first kappa shape index (κ1) is 32.8. The van der Waals surface area contributed by atoms with Gasteiger partial charge in [-0.3, -0.25) is 4.79 Å². The topological polar surface area (TPSA) is 17.1 Å². The van der Waals surface area contributed by atoms with Crippen LogP contribution in [-0.2, 0) is 17.6 Å². The Morgan fingerprint density at radius 2 is 0.905 bits per heavy atom. The lowest BCUT2D eigenvalue weighted by molar-refractivity contribution is -0.121. The van der Waals surface area contributed by atoms with Gasteiger partial charge in [-0.2, -0.15) is 0 Å². The van der Waals surface area contributed by atoms with Crippen LogP contribution in [0.5, 0.6) is 0 Å². The minimum absolute atomic E-state index is 0.273. The predicted molar refractivity (Wildman–Crippen MR) is 168 cm³/mol. The van der Waals surface area contributed by atoms with E-state index in [4.69, 9.17) is 6.42 Å². The largest absolute Gasteiger partial charge is 0.300 e. The van der Waals surface area contributed by atoms with E-state index in [-0.39, 0.29) is 5.92 Å². The molecule has 1 atom stereocenters. The van der Waals surface area contributed by atoms with E-state index >= 15 is 0 Å². The molecule has 0 spiro atoms. The molecule has 1 unspecified atom stereocenters. The van der Waals surface area contributed by atoms with Crippen LogP contribution in [0.15, 0.2) is 24.3 Å². The summed E-state index contributed by atoms with van der Waals surface area (Å²) < 4.78 is 0. The first-order valence-electron chi connectivity index (χ1n) is 12.1. The number of carbonyl (C=O) groups is 1. The van der Waals surface area contributed by atoms with E-state index in [1.54, 1.807) is 13.8 Å². The molecule has 0 saturated carbocycles. The van der Waals surface area contributed by atoms with Crippen LogP contribution in [0.2, 0.25) is 0 Å². The van der Waals surface area contributed by atoms with Gasteiger partial charge in [-0.1, -0.05) is 30.2 Å². The van der Waals surface area contributed by atoms with Crippen LogP contribution < -0.4 is 0 Å². The summed E-state index contributed by atoms with van der Waals surface area (Å²) in [6, 6.07) is 8.45. The molecule has 0 heterocycles. The maximum atomic E-state index is 11.2. The molecule has 0 aliphatic heterocycles. The second-order valence-electron chi connectivity index (χ2n) is 7.34. The van der Waals surface area contributed by atoms with Crippen LogP contribution in [0.25, 0.3) is 0 Å². The lowest BCUT2D eigenvalue weighted by atomic mass is 9.82. The van der Waals surface area contributed by atoms with Gasteiger partial charge in [-0.15, -0.1) is 6.42 Å². The van der Waals surface area contributed by atoms with Gasteiger partial charge in [-0.25, -0.2) is 0 Å². The van der Waals surface area contributed by atoms with Crippen molar-refractivity contribution in [1.82, 2.24) is 0 Å². The molecule has 0 aromatic heterocycles. The number of ketones is 1. The highest BCUT2D eigenvalue weighted by atomic mass is 16.1. The summed E-state index contributed by atoms with van der Waals surface area (Å²) in [5.41, 5.74) is 2.80. The first-order valence-corrected chi connectivity index (χ1v) is 12.1. The molecular weight excluding hydrogens is 508 g/mol. The van der Waals surface area contributed by atoms with Gasteiger partial charge < -0.3 is 0 Å². The average Bonchev–Trinajstić information content (AvgIpc) is 3.01. The Morgan fingerprint density at radius 3 is 1.24 bits per heavy atom. The molecule has 0 fully saturated rings. The van der Waals surface area contributed by atoms with Gasteiger partial charge in [0.25, 0.3) is 0 Å². The van der Waals surface area contributed by atoms with Crippen LogP contribution in [0.1, 0.15) is 31.4 Å². The number of rotatable bonds is 1. The van der Waals surface area contributed by atoms with Gasteiger partial charge in [0, 0.05) is 65.1 Å². The summed E-state index contributed by atoms with van der Waals surface area (Å²) in [4.78, 5) is 11.2. The second kappa shape index (κ2) is 24.1. The summed E-state index contributed by atoms with van der Waals surface area (Å²) in [7, 11) is 0. The summed E-state index contributed by atoms with van der Waals surface area (Å²) in [5.74, 6) is 67.5. The maximum Gasteiger partial charge on any atom is 0.133 e. The summed E-state index contributed by atoms with van der Waals surface area (Å²) in [6.07, 6.45) is 7.97. The van der Waals surface area contributed by atoms with Crippen molar-refractivity contribution < 1.29 is 4.79 Å². The fraction of sp³-hybridized carbons (Fsp3) is 0.146. The molecule has 0 radical (unpaired) electrons. The SMILES string of the molecule is C#CC#CC#CC#CC#CC#CC#CC#CC#CC#CC#CC#CC#CC#CC.CC(=O)C1CCc2ccccc2C1. The van der Waals surface area contributed by atoms with Crippen molar-refractivity contribution in [2.75, 3.05) is 0 Å². The Morgan fingerprint density at radius 1 is 0.571 bits per heavy atom. The molecule has 1 aromatic rings. The van der Waals surface area contributed by atoms with Crippen molar-refractivity contribution in [3.05, 3.63) is 35.4 Å². The highest BCUT2D eigenvalue weighted by molar-refractivity contribution is 5.79. The zero-order chi connectivity index (χ0) is 30.4. The molecule has 1 aliphatic rings. The number of benzene rings is 1. The zero-order valence-electron chi connectivity index (χ0n) is 23.0. The van der Waals surface area contributed by atoms with Gasteiger partial charge in [0.2, 0.25) is 0 Å². The number of aryl methyl sites for hydroxylation is 1. The van der Waals surface area contributed by atoms with Crippen molar-refractivity contribution in [3.63, 3.8) is 0 Å². The fourth-order valence-corrected chi connectivity index (χ4v) is 2.86. The Balaban J connectivity index is 0.000000554. The van der Waals surface area contributed by atoms with Gasteiger partial charge in [-0.05, 0) is 139 Å². The molecule has 0 bridgehead atoms. The van der Waals surface area contributed by atoms with Crippen molar-refractivity contribution in [3.8, 4) is 166 Å². The van der Waals surface area contributed by atoms with Crippen LogP contribution in [0.3, 0.4) is 0 Å². The van der Waals surface area contributed by atoms with E-state index < -0.39 is 0 Å². The summed E-state index contributed by atoms with van der Waals surface area (Å²) in [5, 5.41) is 0. The molecule has 0 N–H and O–H groups in total. The molecule has 0 saturated heterocycles. The molecule has 1 nitrogen and oxygen atoms in total. The van der Waals surface area contributed by atoms with Gasteiger partial charge in [0.05, 0.1) is 0 Å². The van der Waals surface area contributed by atoms with E-state index in [1.807, 2.05) is 0 Å². The van der Waals surface area contributed by atoms with Crippen LogP contribution in [0.4, 0.5) is 0 Å². The monoisotopic (exact) mass is 526 g/mol. The maximum absolute atomic E-state index is 11.2. The quantitative estimate of drug-likeness (QED) is 0.515. The van der Waals surface area contributed by atoms with Gasteiger partial charge >= 0.3 is 0 Å². The average molecular weight is 527 g/mol. The Hall–Kier alpha value is -7.27. The molecule has 1 heteroatoms. The molecule has 0 amide bonds. The van der Waals surface area contributed by atoms with Crippen LogP contribution in [-0.4, -0.2) is 5.78 Å². The molecular formula is C41H18O. The Labute approximate surface area is 250 Å². The number of fused-ring (bicyclic) bond motifs is 1. The summed E-state index contributed by atoms with van der Waals surface area (Å²) in [6.45, 7) is 3.40. The molecule has 1 aromatic carbocycles.